The quantitative estimate of drug-likeness (QED) is 0.754. The molecule has 1 saturated heterocycles. The largest absolute Gasteiger partial charge is 0.370 e. The molecule has 0 radical (unpaired) electrons. The molecule has 0 bridgehead atoms. The molecule has 2 atom stereocenters. The van der Waals surface area contributed by atoms with Crippen LogP contribution in [0, 0.1) is 18.3 Å². The van der Waals surface area contributed by atoms with Gasteiger partial charge in [0.15, 0.2) is 0 Å². The Hall–Kier alpha value is -3.17. The van der Waals surface area contributed by atoms with Crippen LogP contribution in [0.3, 0.4) is 0 Å². The van der Waals surface area contributed by atoms with Crippen molar-refractivity contribution in [3.63, 3.8) is 0 Å². The lowest BCUT2D eigenvalue weighted by atomic mass is 10.1. The minimum absolute atomic E-state index is 0.0347. The molecule has 3 heterocycles. The zero-order valence-electron chi connectivity index (χ0n) is 16.1. The van der Waals surface area contributed by atoms with Gasteiger partial charge in [-0.15, -0.1) is 0 Å². The fraction of sp³-hybridized carbons (Fsp3) is 0.318. The van der Waals surface area contributed by atoms with Gasteiger partial charge in [-0.05, 0) is 49.7 Å². The molecule has 4 rings (SSSR count). The van der Waals surface area contributed by atoms with Crippen LogP contribution >= 0.6 is 0 Å². The Labute approximate surface area is 164 Å². The van der Waals surface area contributed by atoms with E-state index in [1.165, 1.54) is 0 Å². The van der Waals surface area contributed by atoms with Gasteiger partial charge >= 0.3 is 0 Å². The van der Waals surface area contributed by atoms with Gasteiger partial charge in [0.25, 0.3) is 0 Å². The van der Waals surface area contributed by atoms with E-state index in [1.54, 1.807) is 12.4 Å². The van der Waals surface area contributed by atoms with E-state index in [1.807, 2.05) is 43.3 Å². The molecular formula is C22H23N5O. The summed E-state index contributed by atoms with van der Waals surface area (Å²) in [7, 11) is 0. The lowest BCUT2D eigenvalue weighted by molar-refractivity contribution is -0.00824. The molecule has 1 aliphatic rings. The maximum atomic E-state index is 9.38. The van der Waals surface area contributed by atoms with E-state index in [9.17, 15) is 5.26 Å². The van der Waals surface area contributed by atoms with E-state index >= 15 is 0 Å². The average molecular weight is 373 g/mol. The Morgan fingerprint density at radius 3 is 2.82 bits per heavy atom. The standard InChI is InChI=1S/C22H23N5O/c1-15-5-3-10-25-22(15)26-12-18-14-27(13-16(2)28-18)20-8-7-17(11-23)21-19(20)6-4-9-24-21/h3-10,16,18H,12-14H2,1-2H3,(H,25,26)/t16-,18+/m1/s1. The summed E-state index contributed by atoms with van der Waals surface area (Å²) in [4.78, 5) is 11.2. The zero-order valence-corrected chi connectivity index (χ0v) is 16.1. The number of morpholine rings is 1. The molecule has 3 aromatic rings. The molecule has 0 unspecified atom stereocenters. The van der Waals surface area contributed by atoms with Crippen LogP contribution in [0.1, 0.15) is 18.1 Å². The van der Waals surface area contributed by atoms with Crippen molar-refractivity contribution in [2.24, 2.45) is 0 Å². The number of benzene rings is 1. The Kier molecular flexibility index (Phi) is 5.09. The maximum Gasteiger partial charge on any atom is 0.128 e. The van der Waals surface area contributed by atoms with E-state index < -0.39 is 0 Å². The molecule has 142 valence electrons. The van der Waals surface area contributed by atoms with Gasteiger partial charge in [0.1, 0.15) is 11.9 Å². The van der Waals surface area contributed by atoms with Gasteiger partial charge in [-0.25, -0.2) is 4.98 Å². The van der Waals surface area contributed by atoms with Crippen LogP contribution in [0.25, 0.3) is 10.9 Å². The van der Waals surface area contributed by atoms with Gasteiger partial charge in [-0.3, -0.25) is 4.98 Å². The Balaban J connectivity index is 1.57. The summed E-state index contributed by atoms with van der Waals surface area (Å²) in [6, 6.07) is 14.0. The molecular weight excluding hydrogens is 350 g/mol. The summed E-state index contributed by atoms with van der Waals surface area (Å²) >= 11 is 0. The number of nitrogens with one attached hydrogen (secondary N) is 1. The van der Waals surface area contributed by atoms with Crippen molar-refractivity contribution in [2.75, 3.05) is 29.9 Å². The van der Waals surface area contributed by atoms with Crippen molar-refractivity contribution in [2.45, 2.75) is 26.1 Å². The predicted molar refractivity (Wildman–Crippen MR) is 110 cm³/mol. The Morgan fingerprint density at radius 2 is 2.00 bits per heavy atom. The minimum Gasteiger partial charge on any atom is -0.370 e. The third-order valence-corrected chi connectivity index (χ3v) is 5.04. The number of ether oxygens (including phenoxy) is 1. The third-order valence-electron chi connectivity index (χ3n) is 5.04. The van der Waals surface area contributed by atoms with Crippen molar-refractivity contribution in [3.05, 3.63) is 59.9 Å². The third kappa shape index (κ3) is 3.62. The lowest BCUT2D eigenvalue weighted by Gasteiger charge is -2.39. The summed E-state index contributed by atoms with van der Waals surface area (Å²) < 4.78 is 6.16. The number of nitrogens with zero attached hydrogens (tertiary/aromatic N) is 4. The molecule has 6 heteroatoms. The first-order chi connectivity index (χ1) is 13.7. The van der Waals surface area contributed by atoms with Crippen molar-refractivity contribution >= 4 is 22.4 Å². The number of anilines is 2. The SMILES string of the molecule is Cc1cccnc1NC[C@H]1CN(c2ccc(C#N)c3ncccc23)C[C@@H](C)O1. The fourth-order valence-corrected chi connectivity index (χ4v) is 3.76. The smallest absolute Gasteiger partial charge is 0.128 e. The summed E-state index contributed by atoms with van der Waals surface area (Å²) in [6.45, 7) is 6.39. The van der Waals surface area contributed by atoms with Crippen LogP contribution in [0.15, 0.2) is 48.8 Å². The summed E-state index contributed by atoms with van der Waals surface area (Å²) in [5.74, 6) is 0.892. The highest BCUT2D eigenvalue weighted by atomic mass is 16.5. The van der Waals surface area contributed by atoms with Crippen molar-refractivity contribution in [3.8, 4) is 6.07 Å². The maximum absolute atomic E-state index is 9.38. The monoisotopic (exact) mass is 373 g/mol. The molecule has 0 spiro atoms. The minimum atomic E-state index is 0.0347. The van der Waals surface area contributed by atoms with Gasteiger partial charge in [0, 0.05) is 43.1 Å². The van der Waals surface area contributed by atoms with Gasteiger partial charge in [-0.2, -0.15) is 5.26 Å². The van der Waals surface area contributed by atoms with E-state index in [-0.39, 0.29) is 12.2 Å². The zero-order chi connectivity index (χ0) is 19.5. The van der Waals surface area contributed by atoms with Crippen LogP contribution < -0.4 is 10.2 Å². The van der Waals surface area contributed by atoms with Crippen LogP contribution in [-0.2, 0) is 4.74 Å². The van der Waals surface area contributed by atoms with Crippen LogP contribution in [0.2, 0.25) is 0 Å². The fourth-order valence-electron chi connectivity index (χ4n) is 3.76. The number of hydrogen-bond acceptors (Lipinski definition) is 6. The van der Waals surface area contributed by atoms with Crippen molar-refractivity contribution < 1.29 is 4.74 Å². The van der Waals surface area contributed by atoms with Crippen molar-refractivity contribution in [1.29, 1.82) is 5.26 Å². The highest BCUT2D eigenvalue weighted by molar-refractivity contribution is 5.95. The normalized spacial score (nSPS) is 19.4. The number of fused-ring (bicyclic) bond motifs is 1. The number of pyridine rings is 2. The first-order valence-electron chi connectivity index (χ1n) is 9.49. The molecule has 1 fully saturated rings. The second-order valence-electron chi connectivity index (χ2n) is 7.17. The van der Waals surface area contributed by atoms with E-state index in [4.69, 9.17) is 4.74 Å². The number of rotatable bonds is 4. The molecule has 0 saturated carbocycles. The molecule has 28 heavy (non-hydrogen) atoms. The molecule has 1 N–H and O–H groups in total. The lowest BCUT2D eigenvalue weighted by Crippen LogP contribution is -2.49. The van der Waals surface area contributed by atoms with Gasteiger partial charge in [-0.1, -0.05) is 6.07 Å². The molecule has 2 aromatic heterocycles. The molecule has 6 nitrogen and oxygen atoms in total. The number of hydrogen-bond donors (Lipinski definition) is 1. The second kappa shape index (κ2) is 7.83. The molecule has 1 aromatic carbocycles. The highest BCUT2D eigenvalue weighted by Crippen LogP contribution is 2.30. The first-order valence-corrected chi connectivity index (χ1v) is 9.49. The summed E-state index contributed by atoms with van der Waals surface area (Å²) in [5, 5.41) is 13.8. The van der Waals surface area contributed by atoms with E-state index in [0.29, 0.717) is 12.1 Å². The van der Waals surface area contributed by atoms with Crippen LogP contribution in [-0.4, -0.2) is 41.8 Å². The molecule has 0 amide bonds. The summed E-state index contributed by atoms with van der Waals surface area (Å²) in [5.41, 5.74) is 3.56. The van der Waals surface area contributed by atoms with E-state index in [0.717, 1.165) is 41.1 Å². The van der Waals surface area contributed by atoms with Crippen LogP contribution in [0.5, 0.6) is 0 Å². The average Bonchev–Trinajstić information content (AvgIpc) is 2.72. The number of aryl methyl sites for hydroxylation is 1. The van der Waals surface area contributed by atoms with E-state index in [2.05, 4.69) is 33.2 Å². The molecule has 0 aliphatic carbocycles. The highest BCUT2D eigenvalue weighted by Gasteiger charge is 2.27. The molecule has 1 aliphatic heterocycles. The Bertz CT molecular complexity index is 1030. The van der Waals surface area contributed by atoms with Gasteiger partial charge in [0.2, 0.25) is 0 Å². The van der Waals surface area contributed by atoms with Crippen molar-refractivity contribution in [1.82, 2.24) is 9.97 Å². The summed E-state index contributed by atoms with van der Waals surface area (Å²) in [6.07, 6.45) is 3.67. The Morgan fingerprint density at radius 1 is 1.18 bits per heavy atom. The van der Waals surface area contributed by atoms with Gasteiger partial charge < -0.3 is 15.0 Å². The number of nitriles is 1. The topological polar surface area (TPSA) is 74.1 Å². The predicted octanol–water partition coefficient (Wildman–Crippen LogP) is 3.52. The van der Waals surface area contributed by atoms with Crippen LogP contribution in [0.4, 0.5) is 11.5 Å². The second-order valence-corrected chi connectivity index (χ2v) is 7.17. The number of aromatic nitrogens is 2. The van der Waals surface area contributed by atoms with Gasteiger partial charge in [0.05, 0.1) is 23.3 Å². The first kappa shape index (κ1) is 18.2.